The Hall–Kier alpha value is -1.01. The molecule has 2 unspecified atom stereocenters. The average molecular weight is 297 g/mol. The molecule has 1 aromatic heterocycles. The van der Waals surface area contributed by atoms with Crippen LogP contribution in [0.4, 0.5) is 0 Å². The van der Waals surface area contributed by atoms with Crippen LogP contribution < -0.4 is 16.6 Å². The second kappa shape index (κ2) is 6.63. The smallest absolute Gasteiger partial charge is 0.309 e. The maximum Gasteiger partial charge on any atom is 0.330 e. The van der Waals surface area contributed by atoms with Crippen LogP contribution in [0, 0.1) is 0 Å². The van der Waals surface area contributed by atoms with Crippen molar-refractivity contribution in [2.24, 2.45) is 14.1 Å². The molecule has 1 aromatic rings. The summed E-state index contributed by atoms with van der Waals surface area (Å²) in [4.78, 5) is 23.7. The molecule has 20 heavy (non-hydrogen) atoms. The highest BCUT2D eigenvalue weighted by Gasteiger charge is 2.26. The van der Waals surface area contributed by atoms with Gasteiger partial charge >= 0.3 is 5.69 Å². The molecule has 112 valence electrons. The summed E-state index contributed by atoms with van der Waals surface area (Å²) in [5.74, 6) is 1.13. The molecule has 2 atom stereocenters. The lowest BCUT2D eigenvalue weighted by Crippen LogP contribution is -2.41. The number of thioether (sulfide) groups is 1. The van der Waals surface area contributed by atoms with Crippen LogP contribution in [0.15, 0.2) is 15.8 Å². The molecule has 1 N–H and O–H groups in total. The Labute approximate surface area is 123 Å². The van der Waals surface area contributed by atoms with Gasteiger partial charge in [-0.15, -0.1) is 0 Å². The number of nitrogens with zero attached hydrogens (tertiary/aromatic N) is 2. The number of hydrogen-bond acceptors (Lipinski definition) is 4. The molecular weight excluding hydrogens is 274 g/mol. The first-order valence-corrected chi connectivity index (χ1v) is 8.20. The molecule has 1 saturated carbocycles. The molecule has 0 radical (unpaired) electrons. The zero-order valence-electron chi connectivity index (χ0n) is 12.4. The molecule has 5 nitrogen and oxygen atoms in total. The highest BCUT2D eigenvalue weighted by Crippen LogP contribution is 2.29. The molecule has 0 saturated heterocycles. The number of rotatable bonds is 5. The van der Waals surface area contributed by atoms with Crippen molar-refractivity contribution in [2.75, 3.05) is 5.75 Å². The van der Waals surface area contributed by atoms with Crippen molar-refractivity contribution < 1.29 is 0 Å². The Morgan fingerprint density at radius 1 is 1.35 bits per heavy atom. The van der Waals surface area contributed by atoms with Crippen LogP contribution in [0.2, 0.25) is 0 Å². The minimum atomic E-state index is -0.279. The highest BCUT2D eigenvalue weighted by atomic mass is 32.2. The molecule has 0 amide bonds. The molecule has 0 bridgehead atoms. The Kier molecular flexibility index (Phi) is 5.10. The van der Waals surface area contributed by atoms with Crippen molar-refractivity contribution in [3.63, 3.8) is 0 Å². The topological polar surface area (TPSA) is 56.0 Å². The lowest BCUT2D eigenvalue weighted by Gasteiger charge is -2.20. The number of aromatic nitrogens is 2. The van der Waals surface area contributed by atoms with E-state index < -0.39 is 0 Å². The standard InChI is InChI=1S/C14H23N3O2S/c1-4-20-12-7-5-6-11(12)15-8-10-9-16(2)14(19)17(3)13(10)18/h9,11-12,15H,4-8H2,1-3H3. The van der Waals surface area contributed by atoms with E-state index in [1.54, 1.807) is 13.2 Å². The zero-order chi connectivity index (χ0) is 14.7. The van der Waals surface area contributed by atoms with Gasteiger partial charge in [-0.05, 0) is 18.6 Å². The summed E-state index contributed by atoms with van der Waals surface area (Å²) in [7, 11) is 3.20. The SMILES string of the molecule is CCSC1CCCC1NCc1cn(C)c(=O)n(C)c1=O. The van der Waals surface area contributed by atoms with Crippen LogP contribution in [-0.4, -0.2) is 26.2 Å². The molecular formula is C14H23N3O2S. The van der Waals surface area contributed by atoms with Crippen LogP contribution in [0.5, 0.6) is 0 Å². The van der Waals surface area contributed by atoms with E-state index in [4.69, 9.17) is 0 Å². The van der Waals surface area contributed by atoms with Gasteiger partial charge in [-0.25, -0.2) is 4.79 Å². The van der Waals surface area contributed by atoms with Crippen LogP contribution in [0.25, 0.3) is 0 Å². The molecule has 1 aliphatic rings. The third kappa shape index (κ3) is 3.17. The van der Waals surface area contributed by atoms with Crippen molar-refractivity contribution in [1.29, 1.82) is 0 Å². The van der Waals surface area contributed by atoms with Crippen molar-refractivity contribution in [3.8, 4) is 0 Å². The first-order chi connectivity index (χ1) is 9.54. The minimum absolute atomic E-state index is 0.196. The van der Waals surface area contributed by atoms with Gasteiger partial charge in [-0.1, -0.05) is 13.3 Å². The predicted octanol–water partition coefficient (Wildman–Crippen LogP) is 0.848. The van der Waals surface area contributed by atoms with Crippen LogP contribution >= 0.6 is 11.8 Å². The van der Waals surface area contributed by atoms with E-state index in [2.05, 4.69) is 12.2 Å². The van der Waals surface area contributed by atoms with E-state index in [1.807, 2.05) is 11.8 Å². The van der Waals surface area contributed by atoms with Gasteiger partial charge < -0.3 is 9.88 Å². The van der Waals surface area contributed by atoms with Crippen molar-refractivity contribution >= 4 is 11.8 Å². The normalized spacial score (nSPS) is 22.4. The Balaban J connectivity index is 2.08. The third-order valence-corrected chi connectivity index (χ3v) is 5.23. The third-order valence-electron chi connectivity index (χ3n) is 3.91. The number of aryl methyl sites for hydroxylation is 1. The summed E-state index contributed by atoms with van der Waals surface area (Å²) in [6.45, 7) is 2.72. The van der Waals surface area contributed by atoms with E-state index in [1.165, 1.54) is 35.4 Å². The summed E-state index contributed by atoms with van der Waals surface area (Å²) in [5.41, 5.74) is 0.180. The van der Waals surface area contributed by atoms with Gasteiger partial charge in [-0.2, -0.15) is 11.8 Å². The molecule has 0 aliphatic heterocycles. The largest absolute Gasteiger partial charge is 0.330 e. The van der Waals surface area contributed by atoms with Gasteiger partial charge in [-0.3, -0.25) is 9.36 Å². The minimum Gasteiger partial charge on any atom is -0.309 e. The van der Waals surface area contributed by atoms with Crippen molar-refractivity contribution in [3.05, 3.63) is 32.6 Å². The van der Waals surface area contributed by atoms with E-state index in [0.29, 0.717) is 23.4 Å². The van der Waals surface area contributed by atoms with Crippen LogP contribution in [-0.2, 0) is 20.6 Å². The molecule has 2 rings (SSSR count). The molecule has 0 spiro atoms. The summed E-state index contributed by atoms with van der Waals surface area (Å²) < 4.78 is 2.63. The van der Waals surface area contributed by atoms with Gasteiger partial charge in [0.05, 0.1) is 0 Å². The zero-order valence-corrected chi connectivity index (χ0v) is 13.2. The summed E-state index contributed by atoms with van der Waals surface area (Å²) >= 11 is 1.99. The quantitative estimate of drug-likeness (QED) is 0.875. The molecule has 0 aromatic carbocycles. The van der Waals surface area contributed by atoms with E-state index in [9.17, 15) is 9.59 Å². The fourth-order valence-corrected chi connectivity index (χ4v) is 4.04. The maximum absolute atomic E-state index is 12.1. The molecule has 6 heteroatoms. The number of hydrogen-bond donors (Lipinski definition) is 1. The second-order valence-electron chi connectivity index (χ2n) is 5.32. The second-order valence-corrected chi connectivity index (χ2v) is 6.84. The Bertz CT molecular complexity index is 579. The number of nitrogens with one attached hydrogen (secondary N) is 1. The van der Waals surface area contributed by atoms with E-state index in [0.717, 1.165) is 5.75 Å². The van der Waals surface area contributed by atoms with Gasteiger partial charge in [0, 0.05) is 43.7 Å². The van der Waals surface area contributed by atoms with Gasteiger partial charge in [0.1, 0.15) is 0 Å². The molecule has 1 fully saturated rings. The first kappa shape index (κ1) is 15.4. The van der Waals surface area contributed by atoms with Gasteiger partial charge in [0.2, 0.25) is 0 Å². The van der Waals surface area contributed by atoms with E-state index in [-0.39, 0.29) is 11.2 Å². The predicted molar refractivity (Wildman–Crippen MR) is 83.3 cm³/mol. The van der Waals surface area contributed by atoms with Gasteiger partial charge in [0.25, 0.3) is 5.56 Å². The fraction of sp³-hybridized carbons (Fsp3) is 0.714. The lowest BCUT2D eigenvalue weighted by atomic mass is 10.2. The lowest BCUT2D eigenvalue weighted by molar-refractivity contribution is 0.523. The Morgan fingerprint density at radius 2 is 2.10 bits per heavy atom. The monoisotopic (exact) mass is 297 g/mol. The maximum atomic E-state index is 12.1. The van der Waals surface area contributed by atoms with Crippen LogP contribution in [0.3, 0.4) is 0 Å². The van der Waals surface area contributed by atoms with E-state index >= 15 is 0 Å². The molecule has 1 aliphatic carbocycles. The summed E-state index contributed by atoms with van der Waals surface area (Å²) in [5, 5.41) is 4.15. The Morgan fingerprint density at radius 3 is 2.80 bits per heavy atom. The van der Waals surface area contributed by atoms with Gasteiger partial charge in [0.15, 0.2) is 0 Å². The van der Waals surface area contributed by atoms with Crippen molar-refractivity contribution in [1.82, 2.24) is 14.5 Å². The summed E-state index contributed by atoms with van der Waals surface area (Å²) in [6, 6.07) is 0.474. The fourth-order valence-electron chi connectivity index (χ4n) is 2.82. The molecule has 1 heterocycles. The highest BCUT2D eigenvalue weighted by molar-refractivity contribution is 7.99. The summed E-state index contributed by atoms with van der Waals surface area (Å²) in [6.07, 6.45) is 5.32. The average Bonchev–Trinajstić information content (AvgIpc) is 2.87. The van der Waals surface area contributed by atoms with Crippen LogP contribution in [0.1, 0.15) is 31.7 Å². The first-order valence-electron chi connectivity index (χ1n) is 7.15. The van der Waals surface area contributed by atoms with Crippen molar-refractivity contribution in [2.45, 2.75) is 44.0 Å².